The molecule has 1 aromatic carbocycles. The first-order chi connectivity index (χ1) is 8.24. The van der Waals surface area contributed by atoms with Crippen molar-refractivity contribution in [1.29, 1.82) is 0 Å². The molecular weight excluding hydrogens is 212 g/mol. The Kier molecular flexibility index (Phi) is 6.26. The second-order valence-electron chi connectivity index (χ2n) is 4.27. The lowest BCUT2D eigenvalue weighted by atomic mass is 9.99. The average Bonchev–Trinajstić information content (AvgIpc) is 2.36. The summed E-state index contributed by atoms with van der Waals surface area (Å²) in [4.78, 5) is 10.3. The van der Waals surface area contributed by atoms with Crippen LogP contribution in [-0.4, -0.2) is 12.9 Å². The molecule has 0 aliphatic carbocycles. The number of rotatable bonds is 7. The van der Waals surface area contributed by atoms with Gasteiger partial charge in [0, 0.05) is 6.61 Å². The van der Waals surface area contributed by atoms with E-state index in [2.05, 4.69) is 19.1 Å². The third kappa shape index (κ3) is 5.45. The minimum Gasteiger partial charge on any atom is -0.377 e. The molecule has 2 nitrogen and oxygen atoms in total. The molecule has 0 aliphatic rings. The summed E-state index contributed by atoms with van der Waals surface area (Å²) >= 11 is 0. The van der Waals surface area contributed by atoms with Crippen molar-refractivity contribution in [3.63, 3.8) is 0 Å². The van der Waals surface area contributed by atoms with E-state index in [0.29, 0.717) is 12.5 Å². The number of aldehydes is 1. The van der Waals surface area contributed by atoms with E-state index < -0.39 is 0 Å². The predicted octanol–water partition coefficient (Wildman–Crippen LogP) is 3.37. The number of ether oxygens (including phenoxy) is 1. The van der Waals surface area contributed by atoms with Crippen LogP contribution in [-0.2, 0) is 16.1 Å². The van der Waals surface area contributed by atoms with Gasteiger partial charge in [-0.05, 0) is 30.9 Å². The fourth-order valence-corrected chi connectivity index (χ4v) is 1.52. The number of hydrogen-bond donors (Lipinski definition) is 0. The lowest BCUT2D eigenvalue weighted by molar-refractivity contribution is -0.104. The molecule has 0 heterocycles. The van der Waals surface area contributed by atoms with Gasteiger partial charge in [0.25, 0.3) is 0 Å². The van der Waals surface area contributed by atoms with Crippen molar-refractivity contribution in [2.45, 2.75) is 26.9 Å². The van der Waals surface area contributed by atoms with Crippen LogP contribution in [0.25, 0.3) is 0 Å². The van der Waals surface area contributed by atoms with Crippen LogP contribution in [0.3, 0.4) is 0 Å². The highest BCUT2D eigenvalue weighted by Crippen LogP contribution is 2.13. The molecule has 0 bridgehead atoms. The Morgan fingerprint density at radius 2 is 2.06 bits per heavy atom. The smallest absolute Gasteiger partial charge is 0.142 e. The Hall–Kier alpha value is -1.41. The first-order valence-electron chi connectivity index (χ1n) is 5.97. The van der Waals surface area contributed by atoms with Gasteiger partial charge in [-0.25, -0.2) is 0 Å². The normalized spacial score (nSPS) is 13.4. The molecule has 1 aromatic rings. The quantitative estimate of drug-likeness (QED) is 0.409. The molecule has 0 saturated heterocycles. The van der Waals surface area contributed by atoms with Gasteiger partial charge in [0.2, 0.25) is 0 Å². The van der Waals surface area contributed by atoms with Crippen LogP contribution < -0.4 is 0 Å². The Labute approximate surface area is 103 Å². The highest BCUT2D eigenvalue weighted by atomic mass is 16.5. The van der Waals surface area contributed by atoms with Crippen LogP contribution in [0.5, 0.6) is 0 Å². The SMILES string of the molecule is C/C(=C\C=O)[C@@H](C)CCOCc1ccccc1. The minimum absolute atomic E-state index is 0.399. The number of carbonyl (C=O) groups is 1. The zero-order valence-electron chi connectivity index (χ0n) is 10.6. The first kappa shape index (κ1) is 13.7. The standard InChI is InChI=1S/C15H20O2/c1-13(8-10-16)14(2)9-11-17-12-15-6-4-3-5-7-15/h3-8,10,14H,9,11-12H2,1-2H3/b13-8+/t14-/m0/s1. The van der Waals surface area contributed by atoms with Gasteiger partial charge in [-0.3, -0.25) is 4.79 Å². The lowest BCUT2D eigenvalue weighted by Crippen LogP contribution is -2.03. The number of allylic oxidation sites excluding steroid dienone is 2. The molecule has 0 saturated carbocycles. The van der Waals surface area contributed by atoms with Gasteiger partial charge in [0.05, 0.1) is 6.61 Å². The van der Waals surface area contributed by atoms with Crippen LogP contribution >= 0.6 is 0 Å². The Morgan fingerprint density at radius 3 is 2.71 bits per heavy atom. The van der Waals surface area contributed by atoms with Crippen molar-refractivity contribution < 1.29 is 9.53 Å². The molecule has 1 rings (SSSR count). The molecule has 0 aliphatic heterocycles. The van der Waals surface area contributed by atoms with E-state index in [1.54, 1.807) is 6.08 Å². The number of hydrogen-bond acceptors (Lipinski definition) is 2. The van der Waals surface area contributed by atoms with E-state index in [0.717, 1.165) is 24.9 Å². The molecular formula is C15H20O2. The zero-order valence-corrected chi connectivity index (χ0v) is 10.6. The molecule has 0 aromatic heterocycles. The number of benzene rings is 1. The summed E-state index contributed by atoms with van der Waals surface area (Å²) in [5.41, 5.74) is 2.31. The summed E-state index contributed by atoms with van der Waals surface area (Å²) in [6, 6.07) is 10.1. The minimum atomic E-state index is 0.399. The third-order valence-corrected chi connectivity index (χ3v) is 2.92. The van der Waals surface area contributed by atoms with Gasteiger partial charge < -0.3 is 4.74 Å². The van der Waals surface area contributed by atoms with E-state index >= 15 is 0 Å². The zero-order chi connectivity index (χ0) is 12.5. The van der Waals surface area contributed by atoms with Crippen LogP contribution in [0, 0.1) is 5.92 Å². The summed E-state index contributed by atoms with van der Waals surface area (Å²) in [7, 11) is 0. The fraction of sp³-hybridized carbons (Fsp3) is 0.400. The van der Waals surface area contributed by atoms with Gasteiger partial charge in [-0.1, -0.05) is 42.8 Å². The van der Waals surface area contributed by atoms with Crippen LogP contribution in [0.4, 0.5) is 0 Å². The van der Waals surface area contributed by atoms with Gasteiger partial charge in [0.15, 0.2) is 0 Å². The van der Waals surface area contributed by atoms with Gasteiger partial charge in [-0.15, -0.1) is 0 Å². The average molecular weight is 232 g/mol. The third-order valence-electron chi connectivity index (χ3n) is 2.92. The van der Waals surface area contributed by atoms with Crippen LogP contribution in [0.1, 0.15) is 25.8 Å². The molecule has 0 fully saturated rings. The highest BCUT2D eigenvalue weighted by molar-refractivity contribution is 5.66. The largest absolute Gasteiger partial charge is 0.377 e. The molecule has 0 N–H and O–H groups in total. The maximum Gasteiger partial charge on any atom is 0.142 e. The highest BCUT2D eigenvalue weighted by Gasteiger charge is 2.03. The summed E-state index contributed by atoms with van der Waals surface area (Å²) in [6.45, 7) is 5.47. The molecule has 0 unspecified atom stereocenters. The maximum absolute atomic E-state index is 10.3. The molecule has 0 amide bonds. The fourth-order valence-electron chi connectivity index (χ4n) is 1.52. The van der Waals surface area contributed by atoms with E-state index in [9.17, 15) is 4.79 Å². The van der Waals surface area contributed by atoms with Gasteiger partial charge in [0.1, 0.15) is 6.29 Å². The topological polar surface area (TPSA) is 26.3 Å². The van der Waals surface area contributed by atoms with E-state index in [4.69, 9.17) is 4.74 Å². The Balaban J connectivity index is 2.20. The molecule has 92 valence electrons. The van der Waals surface area contributed by atoms with Crippen molar-refractivity contribution >= 4 is 6.29 Å². The maximum atomic E-state index is 10.3. The summed E-state index contributed by atoms with van der Waals surface area (Å²) in [5, 5.41) is 0. The monoisotopic (exact) mass is 232 g/mol. The van der Waals surface area contributed by atoms with Crippen molar-refractivity contribution in [2.24, 2.45) is 5.92 Å². The summed E-state index contributed by atoms with van der Waals surface area (Å²) in [5.74, 6) is 0.399. The molecule has 17 heavy (non-hydrogen) atoms. The van der Waals surface area contributed by atoms with Crippen molar-refractivity contribution in [3.05, 3.63) is 47.5 Å². The van der Waals surface area contributed by atoms with E-state index in [1.165, 1.54) is 5.56 Å². The van der Waals surface area contributed by atoms with Crippen molar-refractivity contribution in [1.82, 2.24) is 0 Å². The molecule has 0 spiro atoms. The lowest BCUT2D eigenvalue weighted by Gasteiger charge is -2.11. The Morgan fingerprint density at radius 1 is 1.35 bits per heavy atom. The van der Waals surface area contributed by atoms with Gasteiger partial charge in [-0.2, -0.15) is 0 Å². The van der Waals surface area contributed by atoms with Crippen molar-refractivity contribution in [3.8, 4) is 0 Å². The molecule has 0 radical (unpaired) electrons. The van der Waals surface area contributed by atoms with Gasteiger partial charge >= 0.3 is 0 Å². The summed E-state index contributed by atoms with van der Waals surface area (Å²) < 4.78 is 5.60. The Bertz CT molecular complexity index is 354. The first-order valence-corrected chi connectivity index (χ1v) is 5.97. The molecule has 1 atom stereocenters. The molecule has 2 heteroatoms. The van der Waals surface area contributed by atoms with Crippen LogP contribution in [0.15, 0.2) is 42.0 Å². The summed E-state index contributed by atoms with van der Waals surface area (Å²) in [6.07, 6.45) is 3.42. The second-order valence-corrected chi connectivity index (χ2v) is 4.27. The van der Waals surface area contributed by atoms with E-state index in [-0.39, 0.29) is 0 Å². The second kappa shape index (κ2) is 7.80. The predicted molar refractivity (Wildman–Crippen MR) is 69.7 cm³/mol. The van der Waals surface area contributed by atoms with E-state index in [1.807, 2.05) is 25.1 Å². The number of carbonyl (C=O) groups excluding carboxylic acids is 1. The van der Waals surface area contributed by atoms with Crippen LogP contribution in [0.2, 0.25) is 0 Å². The van der Waals surface area contributed by atoms with Crippen molar-refractivity contribution in [2.75, 3.05) is 6.61 Å².